The molecule has 2 aromatic heterocycles. The Morgan fingerprint density at radius 1 is 1.28 bits per heavy atom. The molecule has 0 aliphatic rings. The molecule has 3 aromatic rings. The van der Waals surface area contributed by atoms with Crippen LogP contribution in [-0.2, 0) is 11.8 Å². The quantitative estimate of drug-likeness (QED) is 0.727. The lowest BCUT2D eigenvalue weighted by atomic mass is 10.3. The summed E-state index contributed by atoms with van der Waals surface area (Å²) in [5.41, 5.74) is 1.49. The Hall–Kier alpha value is -3.36. The minimum absolute atomic E-state index is 0.00639. The number of hydrogen-bond donors (Lipinski definition) is 1. The second kappa shape index (κ2) is 7.04. The number of methoxy groups -OCH3 is 1. The molecule has 25 heavy (non-hydrogen) atoms. The van der Waals surface area contributed by atoms with E-state index in [9.17, 15) is 4.79 Å². The number of anilines is 1. The Morgan fingerprint density at radius 3 is 2.80 bits per heavy atom. The van der Waals surface area contributed by atoms with Gasteiger partial charge in [0, 0.05) is 13.1 Å². The van der Waals surface area contributed by atoms with Crippen LogP contribution < -0.4 is 14.8 Å². The van der Waals surface area contributed by atoms with Crippen LogP contribution in [0.25, 0.3) is 11.6 Å². The molecule has 2 heterocycles. The summed E-state index contributed by atoms with van der Waals surface area (Å²) in [4.78, 5) is 11.9. The standard InChI is InChI=1S/C16H17N5O4/c1-10-7-13(21(2)20-10)15-18-19-16(25-15)17-14(22)9-24-12-6-4-5-11(8-12)23-3/h4-8H,9H2,1-3H3,(H,17,19,22). The number of aromatic nitrogens is 4. The summed E-state index contributed by atoms with van der Waals surface area (Å²) in [6, 6.07) is 8.77. The Kier molecular flexibility index (Phi) is 4.64. The molecule has 0 bridgehead atoms. The molecule has 9 heteroatoms. The van der Waals surface area contributed by atoms with Gasteiger partial charge in [-0.25, -0.2) is 0 Å². The van der Waals surface area contributed by atoms with Gasteiger partial charge in [0.1, 0.15) is 17.2 Å². The SMILES string of the molecule is COc1cccc(OCC(=O)Nc2nnc(-c3cc(C)nn3C)o2)c1. The first-order chi connectivity index (χ1) is 12.0. The van der Waals surface area contributed by atoms with Gasteiger partial charge in [-0.15, -0.1) is 5.10 Å². The van der Waals surface area contributed by atoms with Crippen molar-refractivity contribution in [3.05, 3.63) is 36.0 Å². The predicted octanol–water partition coefficient (Wildman–Crippen LogP) is 1.80. The summed E-state index contributed by atoms with van der Waals surface area (Å²) in [7, 11) is 3.33. The number of carbonyl (C=O) groups excluding carboxylic acids is 1. The Labute approximate surface area is 143 Å². The maximum absolute atomic E-state index is 11.9. The predicted molar refractivity (Wildman–Crippen MR) is 88.4 cm³/mol. The topological polar surface area (TPSA) is 104 Å². The number of ether oxygens (including phenoxy) is 2. The largest absolute Gasteiger partial charge is 0.497 e. The first-order valence-electron chi connectivity index (χ1n) is 7.46. The minimum Gasteiger partial charge on any atom is -0.497 e. The average molecular weight is 343 g/mol. The number of amides is 1. The van der Waals surface area contributed by atoms with Crippen molar-refractivity contribution >= 4 is 11.9 Å². The molecule has 0 fully saturated rings. The van der Waals surface area contributed by atoms with Gasteiger partial charge in [0.05, 0.1) is 12.8 Å². The van der Waals surface area contributed by atoms with Gasteiger partial charge in [0.2, 0.25) is 0 Å². The summed E-state index contributed by atoms with van der Waals surface area (Å²) in [6.45, 7) is 1.66. The van der Waals surface area contributed by atoms with E-state index in [0.717, 1.165) is 5.69 Å². The second-order valence-electron chi connectivity index (χ2n) is 5.22. The number of hydrogen-bond acceptors (Lipinski definition) is 7. The van der Waals surface area contributed by atoms with Gasteiger partial charge < -0.3 is 13.9 Å². The maximum atomic E-state index is 11.9. The molecule has 9 nitrogen and oxygen atoms in total. The lowest BCUT2D eigenvalue weighted by Gasteiger charge is -2.06. The van der Waals surface area contributed by atoms with Crippen LogP contribution >= 0.6 is 0 Å². The number of rotatable bonds is 6. The number of benzene rings is 1. The number of nitrogens with zero attached hydrogens (tertiary/aromatic N) is 4. The van der Waals surface area contributed by atoms with Crippen molar-refractivity contribution in [2.24, 2.45) is 7.05 Å². The molecular weight excluding hydrogens is 326 g/mol. The normalized spacial score (nSPS) is 10.5. The van der Waals surface area contributed by atoms with Crippen molar-refractivity contribution in [2.75, 3.05) is 19.0 Å². The molecular formula is C16H17N5O4. The van der Waals surface area contributed by atoms with Gasteiger partial charge in [-0.05, 0) is 25.1 Å². The summed E-state index contributed by atoms with van der Waals surface area (Å²) >= 11 is 0. The molecule has 0 radical (unpaired) electrons. The van der Waals surface area contributed by atoms with E-state index in [1.54, 1.807) is 43.1 Å². The molecule has 0 saturated carbocycles. The van der Waals surface area contributed by atoms with Gasteiger partial charge in [0.15, 0.2) is 6.61 Å². The first kappa shape index (κ1) is 16.5. The van der Waals surface area contributed by atoms with Crippen molar-refractivity contribution in [3.8, 4) is 23.1 Å². The fourth-order valence-corrected chi connectivity index (χ4v) is 2.18. The lowest BCUT2D eigenvalue weighted by Crippen LogP contribution is -2.20. The number of carbonyl (C=O) groups is 1. The molecule has 0 atom stereocenters. The van der Waals surface area contributed by atoms with Crippen molar-refractivity contribution in [2.45, 2.75) is 6.92 Å². The van der Waals surface area contributed by atoms with Gasteiger partial charge in [-0.1, -0.05) is 11.2 Å². The Bertz CT molecular complexity index is 886. The van der Waals surface area contributed by atoms with Crippen LogP contribution in [-0.4, -0.2) is 39.6 Å². The van der Waals surface area contributed by atoms with E-state index >= 15 is 0 Å². The Balaban J connectivity index is 1.59. The van der Waals surface area contributed by atoms with Crippen LogP contribution in [0.1, 0.15) is 5.69 Å². The molecule has 0 saturated heterocycles. The van der Waals surface area contributed by atoms with Crippen LogP contribution in [0, 0.1) is 6.92 Å². The van der Waals surface area contributed by atoms with Crippen LogP contribution in [0.3, 0.4) is 0 Å². The van der Waals surface area contributed by atoms with Crippen LogP contribution in [0.5, 0.6) is 11.5 Å². The van der Waals surface area contributed by atoms with Crippen molar-refractivity contribution in [1.29, 1.82) is 0 Å². The molecule has 0 spiro atoms. The van der Waals surface area contributed by atoms with E-state index in [-0.39, 0.29) is 18.5 Å². The van der Waals surface area contributed by atoms with Crippen LogP contribution in [0.15, 0.2) is 34.7 Å². The third kappa shape index (κ3) is 3.94. The molecule has 1 aromatic carbocycles. The zero-order valence-electron chi connectivity index (χ0n) is 14.0. The highest BCUT2D eigenvalue weighted by Gasteiger charge is 2.15. The Morgan fingerprint density at radius 2 is 2.08 bits per heavy atom. The van der Waals surface area contributed by atoms with Crippen LogP contribution in [0.2, 0.25) is 0 Å². The minimum atomic E-state index is -0.417. The monoisotopic (exact) mass is 343 g/mol. The zero-order chi connectivity index (χ0) is 17.8. The molecule has 0 aliphatic carbocycles. The van der Waals surface area contributed by atoms with Gasteiger partial charge >= 0.3 is 6.01 Å². The number of aryl methyl sites for hydroxylation is 2. The summed E-state index contributed by atoms with van der Waals surface area (Å²) in [5.74, 6) is 1.02. The average Bonchev–Trinajstić information content (AvgIpc) is 3.19. The lowest BCUT2D eigenvalue weighted by molar-refractivity contribution is -0.118. The fraction of sp³-hybridized carbons (Fsp3) is 0.250. The smallest absolute Gasteiger partial charge is 0.322 e. The summed E-state index contributed by atoms with van der Waals surface area (Å²) in [5, 5.41) is 14.4. The van der Waals surface area contributed by atoms with Gasteiger partial charge in [0.25, 0.3) is 11.8 Å². The number of nitrogens with one attached hydrogen (secondary N) is 1. The van der Waals surface area contributed by atoms with E-state index in [1.165, 1.54) is 0 Å². The molecule has 1 N–H and O–H groups in total. The molecule has 0 aliphatic heterocycles. The molecule has 1 amide bonds. The van der Waals surface area contributed by atoms with E-state index in [2.05, 4.69) is 20.6 Å². The van der Waals surface area contributed by atoms with Crippen molar-refractivity contribution in [1.82, 2.24) is 20.0 Å². The highest BCUT2D eigenvalue weighted by atomic mass is 16.5. The van der Waals surface area contributed by atoms with E-state index < -0.39 is 5.91 Å². The third-order valence-corrected chi connectivity index (χ3v) is 3.30. The van der Waals surface area contributed by atoms with Crippen LogP contribution in [0.4, 0.5) is 6.01 Å². The highest BCUT2D eigenvalue weighted by Crippen LogP contribution is 2.21. The van der Waals surface area contributed by atoms with E-state index in [1.807, 2.05) is 13.0 Å². The molecule has 0 unspecified atom stereocenters. The fourth-order valence-electron chi connectivity index (χ4n) is 2.18. The first-order valence-corrected chi connectivity index (χ1v) is 7.46. The third-order valence-electron chi connectivity index (χ3n) is 3.30. The summed E-state index contributed by atoms with van der Waals surface area (Å²) in [6.07, 6.45) is 0. The maximum Gasteiger partial charge on any atom is 0.322 e. The van der Waals surface area contributed by atoms with Crippen molar-refractivity contribution in [3.63, 3.8) is 0 Å². The zero-order valence-corrected chi connectivity index (χ0v) is 14.0. The molecule has 3 rings (SSSR count). The molecule has 130 valence electrons. The van der Waals surface area contributed by atoms with E-state index in [4.69, 9.17) is 13.9 Å². The highest BCUT2D eigenvalue weighted by molar-refractivity contribution is 5.89. The summed E-state index contributed by atoms with van der Waals surface area (Å²) < 4.78 is 17.6. The van der Waals surface area contributed by atoms with Crippen molar-refractivity contribution < 1.29 is 18.7 Å². The van der Waals surface area contributed by atoms with E-state index in [0.29, 0.717) is 17.2 Å². The van der Waals surface area contributed by atoms with Gasteiger partial charge in [-0.2, -0.15) is 5.10 Å². The van der Waals surface area contributed by atoms with Gasteiger partial charge in [-0.3, -0.25) is 14.8 Å². The second-order valence-corrected chi connectivity index (χ2v) is 5.22.